The number of nitrogens with zero attached hydrogens (tertiary/aromatic N) is 2. The third-order valence-corrected chi connectivity index (χ3v) is 3.04. The number of rotatable bonds is 4. The molecule has 104 valence electrons. The summed E-state index contributed by atoms with van der Waals surface area (Å²) in [5, 5.41) is 11.4. The summed E-state index contributed by atoms with van der Waals surface area (Å²) in [7, 11) is 1.55. The molecule has 0 aliphatic carbocycles. The van der Waals surface area contributed by atoms with Gasteiger partial charge in [-0.15, -0.1) is 0 Å². The Hall–Kier alpha value is -2.11. The van der Waals surface area contributed by atoms with E-state index in [1.807, 2.05) is 0 Å². The number of amidine groups is 1. The molecule has 1 aromatic rings. The predicted octanol–water partition coefficient (Wildman–Crippen LogP) is 1.73. The Balaban J connectivity index is 2.90. The lowest BCUT2D eigenvalue weighted by Gasteiger charge is -2.25. The predicted molar refractivity (Wildman–Crippen MR) is 70.7 cm³/mol. The maximum absolute atomic E-state index is 13.9. The lowest BCUT2D eigenvalue weighted by atomic mass is 10.1. The number of oxime groups is 1. The minimum Gasteiger partial charge on any atom is -0.409 e. The fourth-order valence-electron chi connectivity index (χ4n) is 1.68. The number of carbonyl (C=O) groups is 1. The van der Waals surface area contributed by atoms with Crippen LogP contribution in [0.1, 0.15) is 29.3 Å². The van der Waals surface area contributed by atoms with E-state index in [0.717, 1.165) is 0 Å². The van der Waals surface area contributed by atoms with Crippen molar-refractivity contribution in [2.75, 3.05) is 7.05 Å². The van der Waals surface area contributed by atoms with Gasteiger partial charge in [0.2, 0.25) is 0 Å². The molecule has 1 aromatic carbocycles. The van der Waals surface area contributed by atoms with Crippen molar-refractivity contribution in [1.82, 2.24) is 4.90 Å². The highest BCUT2D eigenvalue weighted by atomic mass is 19.1. The third-order valence-electron chi connectivity index (χ3n) is 3.04. The van der Waals surface area contributed by atoms with Crippen LogP contribution in [-0.4, -0.2) is 34.9 Å². The Morgan fingerprint density at radius 2 is 2.21 bits per heavy atom. The first kappa shape index (κ1) is 14.9. The van der Waals surface area contributed by atoms with Crippen molar-refractivity contribution < 1.29 is 14.4 Å². The number of benzene rings is 1. The van der Waals surface area contributed by atoms with Crippen molar-refractivity contribution in [1.29, 1.82) is 0 Å². The maximum Gasteiger partial charge on any atom is 0.256 e. The molecule has 0 bridgehead atoms. The molecule has 6 heteroatoms. The van der Waals surface area contributed by atoms with E-state index in [0.29, 0.717) is 5.56 Å². The molecule has 0 aromatic heterocycles. The maximum atomic E-state index is 13.9. The number of hydrogen-bond acceptors (Lipinski definition) is 3. The van der Waals surface area contributed by atoms with Crippen LogP contribution in [0.2, 0.25) is 0 Å². The Bertz CT molecular complexity index is 503. The van der Waals surface area contributed by atoms with Crippen molar-refractivity contribution in [2.45, 2.75) is 26.3 Å². The molecule has 0 saturated carbocycles. The summed E-state index contributed by atoms with van der Waals surface area (Å²) in [5.74, 6) is -0.924. The van der Waals surface area contributed by atoms with Crippen molar-refractivity contribution in [3.8, 4) is 0 Å². The normalized spacial score (nSPS) is 13.2. The molecule has 0 saturated heterocycles. The first-order valence-electron chi connectivity index (χ1n) is 5.87. The largest absolute Gasteiger partial charge is 0.409 e. The first-order valence-corrected chi connectivity index (χ1v) is 5.87. The van der Waals surface area contributed by atoms with Gasteiger partial charge in [-0.25, -0.2) is 4.39 Å². The fraction of sp³-hybridized carbons (Fsp3) is 0.385. The van der Waals surface area contributed by atoms with Gasteiger partial charge in [-0.2, -0.15) is 0 Å². The second kappa shape index (κ2) is 6.17. The molecular weight excluding hydrogens is 249 g/mol. The van der Waals surface area contributed by atoms with Gasteiger partial charge in [0, 0.05) is 19.5 Å². The van der Waals surface area contributed by atoms with Crippen LogP contribution in [-0.2, 0) is 0 Å². The lowest BCUT2D eigenvalue weighted by molar-refractivity contribution is 0.0742. The van der Waals surface area contributed by atoms with Gasteiger partial charge in [0.25, 0.3) is 5.91 Å². The summed E-state index contributed by atoms with van der Waals surface area (Å²) < 4.78 is 13.9. The number of halogens is 1. The van der Waals surface area contributed by atoms with Crippen molar-refractivity contribution in [3.63, 3.8) is 0 Å². The van der Waals surface area contributed by atoms with E-state index in [2.05, 4.69) is 5.16 Å². The zero-order valence-electron chi connectivity index (χ0n) is 11.2. The van der Waals surface area contributed by atoms with Crippen molar-refractivity contribution in [2.24, 2.45) is 10.9 Å². The Kier molecular flexibility index (Phi) is 4.86. The zero-order valence-corrected chi connectivity index (χ0v) is 11.2. The van der Waals surface area contributed by atoms with Gasteiger partial charge in [0.15, 0.2) is 0 Å². The van der Waals surface area contributed by atoms with Gasteiger partial charge < -0.3 is 15.8 Å². The summed E-state index contributed by atoms with van der Waals surface area (Å²) in [5.41, 5.74) is 5.83. The van der Waals surface area contributed by atoms with Crippen LogP contribution in [0, 0.1) is 12.7 Å². The molecule has 5 nitrogen and oxygen atoms in total. The second-order valence-corrected chi connectivity index (χ2v) is 4.50. The molecule has 1 amide bonds. The zero-order chi connectivity index (χ0) is 14.6. The average Bonchev–Trinajstić information content (AvgIpc) is 2.39. The topological polar surface area (TPSA) is 78.9 Å². The summed E-state index contributed by atoms with van der Waals surface area (Å²) in [6.07, 6.45) is 0.214. The smallest absolute Gasteiger partial charge is 0.256 e. The standard InChI is InChI=1S/C13H18FN3O2/c1-8-5-4-6-10(12(8)14)13(18)17(3)9(2)7-11(15)16-19/h4-6,9,19H,7H2,1-3H3,(H2,15,16). The molecule has 0 aliphatic heterocycles. The number of carbonyl (C=O) groups excluding carboxylic acids is 1. The molecule has 3 N–H and O–H groups in total. The van der Waals surface area contributed by atoms with Crippen LogP contribution in [0.5, 0.6) is 0 Å². The summed E-state index contributed by atoms with van der Waals surface area (Å²) in [6, 6.07) is 4.38. The average molecular weight is 267 g/mol. The van der Waals surface area contributed by atoms with E-state index in [1.54, 1.807) is 33.0 Å². The molecule has 0 radical (unpaired) electrons. The van der Waals surface area contributed by atoms with E-state index in [1.165, 1.54) is 11.0 Å². The van der Waals surface area contributed by atoms with Gasteiger partial charge in [-0.3, -0.25) is 4.79 Å². The van der Waals surface area contributed by atoms with Crippen LogP contribution < -0.4 is 5.73 Å². The van der Waals surface area contributed by atoms with Crippen LogP contribution in [0.4, 0.5) is 4.39 Å². The van der Waals surface area contributed by atoms with Crippen LogP contribution >= 0.6 is 0 Å². The quantitative estimate of drug-likeness (QED) is 0.377. The molecular formula is C13H18FN3O2. The fourth-order valence-corrected chi connectivity index (χ4v) is 1.68. The van der Waals surface area contributed by atoms with E-state index in [4.69, 9.17) is 10.9 Å². The van der Waals surface area contributed by atoms with Crippen LogP contribution in [0.25, 0.3) is 0 Å². The molecule has 1 atom stereocenters. The third kappa shape index (κ3) is 3.43. The SMILES string of the molecule is Cc1cccc(C(=O)N(C)C(C)C/C(N)=N/O)c1F. The molecule has 1 unspecified atom stereocenters. The van der Waals surface area contributed by atoms with Gasteiger partial charge >= 0.3 is 0 Å². The highest BCUT2D eigenvalue weighted by Crippen LogP contribution is 2.15. The first-order chi connectivity index (χ1) is 8.88. The molecule has 0 heterocycles. The van der Waals surface area contributed by atoms with E-state index in [-0.39, 0.29) is 23.9 Å². The van der Waals surface area contributed by atoms with Gasteiger partial charge in [0.1, 0.15) is 11.7 Å². The summed E-state index contributed by atoms with van der Waals surface area (Å²) in [6.45, 7) is 3.34. The van der Waals surface area contributed by atoms with Crippen molar-refractivity contribution >= 4 is 11.7 Å². The monoisotopic (exact) mass is 267 g/mol. The highest BCUT2D eigenvalue weighted by molar-refractivity contribution is 5.95. The summed E-state index contributed by atoms with van der Waals surface area (Å²) >= 11 is 0. The lowest BCUT2D eigenvalue weighted by Crippen LogP contribution is -2.38. The summed E-state index contributed by atoms with van der Waals surface area (Å²) in [4.78, 5) is 13.5. The number of amides is 1. The Morgan fingerprint density at radius 1 is 1.58 bits per heavy atom. The second-order valence-electron chi connectivity index (χ2n) is 4.50. The van der Waals surface area contributed by atoms with E-state index >= 15 is 0 Å². The Morgan fingerprint density at radius 3 is 2.79 bits per heavy atom. The van der Waals surface area contributed by atoms with Gasteiger partial charge in [-0.1, -0.05) is 17.3 Å². The highest BCUT2D eigenvalue weighted by Gasteiger charge is 2.21. The minimum atomic E-state index is -0.518. The molecule has 0 spiro atoms. The van der Waals surface area contributed by atoms with E-state index < -0.39 is 11.7 Å². The molecule has 1 rings (SSSR count). The number of hydrogen-bond donors (Lipinski definition) is 2. The number of aryl methyl sites for hydroxylation is 1. The number of nitrogens with two attached hydrogens (primary N) is 1. The Labute approximate surface area is 111 Å². The van der Waals surface area contributed by atoms with E-state index in [9.17, 15) is 9.18 Å². The molecule has 0 aliphatic rings. The van der Waals surface area contributed by atoms with Crippen molar-refractivity contribution in [3.05, 3.63) is 35.1 Å². The van der Waals surface area contributed by atoms with Gasteiger partial charge in [-0.05, 0) is 25.5 Å². The minimum absolute atomic E-state index is 0.0221. The van der Waals surface area contributed by atoms with Crippen LogP contribution in [0.3, 0.4) is 0 Å². The molecule has 0 fully saturated rings. The van der Waals surface area contributed by atoms with Crippen LogP contribution in [0.15, 0.2) is 23.4 Å². The molecule has 19 heavy (non-hydrogen) atoms. The van der Waals surface area contributed by atoms with Gasteiger partial charge in [0.05, 0.1) is 5.56 Å².